The van der Waals surface area contributed by atoms with Crippen molar-refractivity contribution >= 4 is 28.5 Å². The molecule has 132 valence electrons. The molecule has 0 aliphatic heterocycles. The molecule has 0 bridgehead atoms. The largest absolute Gasteiger partial charge is 0.347 e. The predicted molar refractivity (Wildman–Crippen MR) is 104 cm³/mol. The van der Waals surface area contributed by atoms with Crippen LogP contribution < -0.4 is 5.32 Å². The first-order valence-corrected chi connectivity index (χ1v) is 9.88. The zero-order valence-electron chi connectivity index (χ0n) is 14.7. The minimum Gasteiger partial charge on any atom is -0.347 e. The van der Waals surface area contributed by atoms with Crippen molar-refractivity contribution in [2.45, 2.75) is 65.3 Å². The molecule has 0 aliphatic rings. The van der Waals surface area contributed by atoms with Gasteiger partial charge in [0.25, 0.3) is 5.91 Å². The summed E-state index contributed by atoms with van der Waals surface area (Å²) in [6.07, 6.45) is 9.18. The van der Waals surface area contributed by atoms with Crippen molar-refractivity contribution in [1.82, 2.24) is 20.4 Å². The van der Waals surface area contributed by atoms with Gasteiger partial charge in [-0.2, -0.15) is 5.10 Å². The number of carbonyl (C=O) groups excluding carboxylic acids is 1. The Labute approximate surface area is 154 Å². The second-order valence-corrected chi connectivity index (χ2v) is 7.34. The number of unbranched alkanes of at least 4 members (excludes halogenated alkanes) is 4. The van der Waals surface area contributed by atoms with Gasteiger partial charge in [0.1, 0.15) is 5.69 Å². The molecular weight excluding hydrogens is 403 g/mol. The molecule has 0 spiro atoms. The molecule has 0 fully saturated rings. The number of hydrogen-bond acceptors (Lipinski definition) is 3. The third-order valence-corrected chi connectivity index (χ3v) is 4.70. The normalized spacial score (nSPS) is 12.6. The lowest BCUT2D eigenvalue weighted by molar-refractivity contribution is 0.0922. The van der Waals surface area contributed by atoms with Crippen LogP contribution in [0.4, 0.5) is 0 Å². The van der Waals surface area contributed by atoms with Crippen molar-refractivity contribution in [2.24, 2.45) is 0 Å². The van der Waals surface area contributed by atoms with E-state index in [9.17, 15) is 4.79 Å². The highest BCUT2D eigenvalue weighted by atomic mass is 127. The van der Waals surface area contributed by atoms with Crippen molar-refractivity contribution in [3.05, 3.63) is 15.5 Å². The maximum Gasteiger partial charge on any atom is 0.270 e. The monoisotopic (exact) mass is 434 g/mol. The number of carbonyl (C=O) groups is 1. The Morgan fingerprint density at radius 3 is 2.35 bits per heavy atom. The van der Waals surface area contributed by atoms with Crippen LogP contribution in [0.5, 0.6) is 0 Å². The van der Waals surface area contributed by atoms with Gasteiger partial charge in [0.05, 0.1) is 9.77 Å². The summed E-state index contributed by atoms with van der Waals surface area (Å²) in [5.74, 6) is -0.0681. The quantitative estimate of drug-likeness (QED) is 0.389. The zero-order chi connectivity index (χ0) is 17.1. The number of rotatable bonds is 12. The van der Waals surface area contributed by atoms with Gasteiger partial charge in [0.2, 0.25) is 0 Å². The minimum atomic E-state index is -0.0681. The molecule has 1 aromatic rings. The summed E-state index contributed by atoms with van der Waals surface area (Å²) in [6, 6.07) is 0.129. The first-order chi connectivity index (χ1) is 11.1. The van der Waals surface area contributed by atoms with Gasteiger partial charge in [-0.1, -0.05) is 39.5 Å². The number of hydrogen-bond donors (Lipinski definition) is 2. The van der Waals surface area contributed by atoms with E-state index < -0.39 is 0 Å². The number of nitrogens with zero attached hydrogens (tertiary/aromatic N) is 2. The van der Waals surface area contributed by atoms with Gasteiger partial charge in [-0.15, -0.1) is 0 Å². The number of aromatic amines is 1. The van der Waals surface area contributed by atoms with Gasteiger partial charge in [-0.3, -0.25) is 9.89 Å². The maximum atomic E-state index is 12.2. The van der Waals surface area contributed by atoms with Crippen molar-refractivity contribution in [3.8, 4) is 0 Å². The van der Waals surface area contributed by atoms with E-state index in [0.29, 0.717) is 5.69 Å². The fourth-order valence-corrected chi connectivity index (χ4v) is 3.13. The Morgan fingerprint density at radius 1 is 1.26 bits per heavy atom. The van der Waals surface area contributed by atoms with E-state index in [-0.39, 0.29) is 11.9 Å². The van der Waals surface area contributed by atoms with Gasteiger partial charge >= 0.3 is 0 Å². The first-order valence-electron chi connectivity index (χ1n) is 8.80. The predicted octanol–water partition coefficient (Wildman–Crippen LogP) is 3.82. The number of nitrogens with one attached hydrogen (secondary N) is 2. The third kappa shape index (κ3) is 8.15. The highest BCUT2D eigenvalue weighted by Gasteiger charge is 2.16. The van der Waals surface area contributed by atoms with E-state index in [4.69, 9.17) is 0 Å². The van der Waals surface area contributed by atoms with E-state index in [0.717, 1.165) is 23.2 Å². The molecule has 0 aliphatic carbocycles. The van der Waals surface area contributed by atoms with Crippen LogP contribution in [-0.2, 0) is 0 Å². The Balaban J connectivity index is 2.45. The van der Waals surface area contributed by atoms with E-state index in [1.165, 1.54) is 38.5 Å². The van der Waals surface area contributed by atoms with Crippen LogP contribution in [0.2, 0.25) is 0 Å². The van der Waals surface area contributed by atoms with Crippen molar-refractivity contribution < 1.29 is 4.79 Å². The number of H-pyrrole nitrogens is 1. The number of amides is 1. The summed E-state index contributed by atoms with van der Waals surface area (Å²) < 4.78 is 0.857. The Hall–Kier alpha value is -0.630. The molecule has 6 heteroatoms. The summed E-state index contributed by atoms with van der Waals surface area (Å²) in [7, 11) is 0. The summed E-state index contributed by atoms with van der Waals surface area (Å²) >= 11 is 2.12. The van der Waals surface area contributed by atoms with Crippen LogP contribution in [-0.4, -0.2) is 46.7 Å². The molecule has 0 saturated carbocycles. The van der Waals surface area contributed by atoms with Crippen molar-refractivity contribution in [3.63, 3.8) is 0 Å². The van der Waals surface area contributed by atoms with Crippen LogP contribution in [0.25, 0.3) is 0 Å². The highest BCUT2D eigenvalue weighted by molar-refractivity contribution is 14.1. The van der Waals surface area contributed by atoms with E-state index in [1.54, 1.807) is 6.20 Å². The van der Waals surface area contributed by atoms with Gasteiger partial charge < -0.3 is 10.2 Å². The van der Waals surface area contributed by atoms with Crippen LogP contribution in [0.15, 0.2) is 6.20 Å². The van der Waals surface area contributed by atoms with Gasteiger partial charge in [-0.25, -0.2) is 0 Å². The minimum absolute atomic E-state index is 0.0681. The molecule has 23 heavy (non-hydrogen) atoms. The van der Waals surface area contributed by atoms with Crippen LogP contribution in [0.1, 0.15) is 69.8 Å². The summed E-state index contributed by atoms with van der Waals surface area (Å²) in [5.41, 5.74) is 0.556. The molecular formula is C17H31IN4O. The molecule has 1 atom stereocenters. The maximum absolute atomic E-state index is 12.2. The lowest BCUT2D eigenvalue weighted by atomic mass is 10.2. The fourth-order valence-electron chi connectivity index (χ4n) is 2.62. The van der Waals surface area contributed by atoms with E-state index in [2.05, 4.69) is 63.8 Å². The third-order valence-electron chi connectivity index (χ3n) is 3.89. The van der Waals surface area contributed by atoms with Crippen LogP contribution in [0.3, 0.4) is 0 Å². The molecule has 1 heterocycles. The van der Waals surface area contributed by atoms with Crippen molar-refractivity contribution in [2.75, 3.05) is 19.6 Å². The SMILES string of the molecule is CCCCCN(CCCCC)CC(C)NC(=O)c1[nH]ncc1I. The molecule has 0 saturated heterocycles. The molecule has 1 aromatic heterocycles. The van der Waals surface area contributed by atoms with Gasteiger partial charge in [0, 0.05) is 12.6 Å². The number of halogens is 1. The summed E-state index contributed by atoms with van der Waals surface area (Å²) in [4.78, 5) is 14.7. The molecule has 5 nitrogen and oxygen atoms in total. The summed E-state index contributed by atoms with van der Waals surface area (Å²) in [5, 5.41) is 9.75. The molecule has 0 radical (unpaired) electrons. The second kappa shape index (κ2) is 11.8. The van der Waals surface area contributed by atoms with E-state index in [1.807, 2.05) is 0 Å². The lowest BCUT2D eigenvalue weighted by Gasteiger charge is -2.26. The van der Waals surface area contributed by atoms with Crippen LogP contribution in [0, 0.1) is 3.57 Å². The Morgan fingerprint density at radius 2 is 1.87 bits per heavy atom. The standard InChI is InChI=1S/C17H31IN4O/c1-4-6-8-10-22(11-9-7-5-2)13-14(3)20-17(23)16-15(18)12-19-21-16/h12,14H,4-11,13H2,1-3H3,(H,19,21)(H,20,23). The second-order valence-electron chi connectivity index (χ2n) is 6.18. The Bertz CT molecular complexity index is 440. The smallest absolute Gasteiger partial charge is 0.270 e. The van der Waals surface area contributed by atoms with Gasteiger partial charge in [0.15, 0.2) is 0 Å². The fraction of sp³-hybridized carbons (Fsp3) is 0.765. The average Bonchev–Trinajstić information content (AvgIpc) is 2.93. The molecule has 0 aromatic carbocycles. The first kappa shape index (κ1) is 20.4. The van der Waals surface area contributed by atoms with Crippen LogP contribution >= 0.6 is 22.6 Å². The Kier molecular flexibility index (Phi) is 10.5. The molecule has 1 amide bonds. The highest BCUT2D eigenvalue weighted by Crippen LogP contribution is 2.08. The summed E-state index contributed by atoms with van der Waals surface area (Å²) in [6.45, 7) is 9.70. The zero-order valence-corrected chi connectivity index (χ0v) is 16.9. The van der Waals surface area contributed by atoms with Crippen molar-refractivity contribution in [1.29, 1.82) is 0 Å². The molecule has 2 N–H and O–H groups in total. The average molecular weight is 434 g/mol. The topological polar surface area (TPSA) is 61.0 Å². The molecule has 1 unspecified atom stereocenters. The van der Waals surface area contributed by atoms with Gasteiger partial charge in [-0.05, 0) is 55.4 Å². The number of aromatic nitrogens is 2. The lowest BCUT2D eigenvalue weighted by Crippen LogP contribution is -2.43. The molecule has 1 rings (SSSR count). The van der Waals surface area contributed by atoms with E-state index >= 15 is 0 Å².